The molecule has 1 nitrogen and oxygen atoms in total. The molecule has 0 aromatic carbocycles. The van der Waals surface area contributed by atoms with E-state index in [2.05, 4.69) is 0 Å². The zero-order valence-electron chi connectivity index (χ0n) is 6.71. The van der Waals surface area contributed by atoms with Gasteiger partial charge < -0.3 is 0 Å². The molecule has 0 unspecified atom stereocenters. The number of hydrogen-bond acceptors (Lipinski definition) is 0. The first-order valence-electron chi connectivity index (χ1n) is 3.80. The molecule has 57 valence electrons. The minimum Gasteiger partial charge on any atom is -0.224 e. The summed E-state index contributed by atoms with van der Waals surface area (Å²) in [4.78, 5) is 0. The van der Waals surface area contributed by atoms with Crippen LogP contribution in [0.1, 0.15) is 26.7 Å². The topological polar surface area (TPSA) is 19.9 Å². The molecule has 0 N–H and O–H groups in total. The van der Waals surface area contributed by atoms with Gasteiger partial charge in [-0.25, -0.2) is 5.11 Å². The summed E-state index contributed by atoms with van der Waals surface area (Å²) in [5.41, 5.74) is 0. The molecule has 0 aliphatic heterocycles. The van der Waals surface area contributed by atoms with Gasteiger partial charge in [-0.15, -0.1) is 0 Å². The molecular formula is C9H15O. The van der Waals surface area contributed by atoms with E-state index in [4.69, 9.17) is 0 Å². The van der Waals surface area contributed by atoms with Crippen LogP contribution < -0.4 is 0 Å². The van der Waals surface area contributed by atoms with Gasteiger partial charge in [-0.1, -0.05) is 38.2 Å². The maximum absolute atomic E-state index is 10.9. The van der Waals surface area contributed by atoms with Gasteiger partial charge in [0.1, 0.15) is 6.10 Å². The Hall–Kier alpha value is -0.560. The van der Waals surface area contributed by atoms with Gasteiger partial charge in [-0.3, -0.25) is 0 Å². The third-order valence-corrected chi connectivity index (χ3v) is 1.12. The van der Waals surface area contributed by atoms with E-state index in [-0.39, 0.29) is 0 Å². The SMILES string of the molecule is CCC=CC([O])C=CCC. The van der Waals surface area contributed by atoms with Gasteiger partial charge in [0.05, 0.1) is 0 Å². The Bertz CT molecular complexity index is 99.9. The Morgan fingerprint density at radius 1 is 1.10 bits per heavy atom. The molecule has 0 rings (SSSR count). The van der Waals surface area contributed by atoms with Gasteiger partial charge in [-0.2, -0.15) is 0 Å². The van der Waals surface area contributed by atoms with Crippen LogP contribution in [0.2, 0.25) is 0 Å². The minimum absolute atomic E-state index is 0.639. The van der Waals surface area contributed by atoms with Crippen molar-refractivity contribution in [1.82, 2.24) is 0 Å². The molecule has 0 heterocycles. The van der Waals surface area contributed by atoms with E-state index in [1.54, 1.807) is 12.2 Å². The Labute approximate surface area is 63.1 Å². The molecule has 10 heavy (non-hydrogen) atoms. The molecule has 0 aliphatic rings. The normalized spacial score (nSPS) is 15.1. The van der Waals surface area contributed by atoms with Crippen molar-refractivity contribution >= 4 is 0 Å². The predicted molar refractivity (Wildman–Crippen MR) is 43.3 cm³/mol. The molecule has 0 amide bonds. The molecule has 0 saturated heterocycles. The fourth-order valence-electron chi connectivity index (χ4n) is 0.605. The zero-order chi connectivity index (χ0) is 7.82. The van der Waals surface area contributed by atoms with Crippen molar-refractivity contribution in [3.05, 3.63) is 24.3 Å². The summed E-state index contributed by atoms with van der Waals surface area (Å²) >= 11 is 0. The molecule has 0 spiro atoms. The van der Waals surface area contributed by atoms with Gasteiger partial charge in [-0.05, 0) is 12.8 Å². The van der Waals surface area contributed by atoms with Crippen LogP contribution >= 0.6 is 0 Å². The van der Waals surface area contributed by atoms with Gasteiger partial charge >= 0.3 is 0 Å². The van der Waals surface area contributed by atoms with Crippen molar-refractivity contribution < 1.29 is 5.11 Å². The van der Waals surface area contributed by atoms with Crippen molar-refractivity contribution in [2.24, 2.45) is 0 Å². The monoisotopic (exact) mass is 139 g/mol. The quantitative estimate of drug-likeness (QED) is 0.534. The van der Waals surface area contributed by atoms with E-state index in [1.165, 1.54) is 0 Å². The Morgan fingerprint density at radius 3 is 1.80 bits per heavy atom. The third kappa shape index (κ3) is 5.57. The highest BCUT2D eigenvalue weighted by Gasteiger charge is 1.90. The molecular weight excluding hydrogens is 124 g/mol. The summed E-state index contributed by atoms with van der Waals surface area (Å²) in [6.07, 6.45) is 8.42. The Morgan fingerprint density at radius 2 is 1.50 bits per heavy atom. The summed E-state index contributed by atoms with van der Waals surface area (Å²) in [5, 5.41) is 10.9. The van der Waals surface area contributed by atoms with Crippen molar-refractivity contribution in [3.8, 4) is 0 Å². The van der Waals surface area contributed by atoms with Crippen molar-refractivity contribution in [2.75, 3.05) is 0 Å². The van der Waals surface area contributed by atoms with E-state index >= 15 is 0 Å². The largest absolute Gasteiger partial charge is 0.224 e. The zero-order valence-corrected chi connectivity index (χ0v) is 6.71. The maximum Gasteiger partial charge on any atom is 0.129 e. The first-order valence-corrected chi connectivity index (χ1v) is 3.80. The average Bonchev–Trinajstić information content (AvgIpc) is 1.97. The lowest BCUT2D eigenvalue weighted by Gasteiger charge is -1.91. The van der Waals surface area contributed by atoms with Crippen molar-refractivity contribution in [1.29, 1.82) is 0 Å². The molecule has 0 aromatic heterocycles. The van der Waals surface area contributed by atoms with E-state index in [1.807, 2.05) is 26.0 Å². The van der Waals surface area contributed by atoms with E-state index < -0.39 is 6.10 Å². The summed E-state index contributed by atoms with van der Waals surface area (Å²) in [6, 6.07) is 0. The van der Waals surface area contributed by atoms with Crippen LogP contribution in [0.3, 0.4) is 0 Å². The first-order chi connectivity index (χ1) is 4.81. The van der Waals surface area contributed by atoms with Crippen LogP contribution in [0, 0.1) is 0 Å². The van der Waals surface area contributed by atoms with Crippen LogP contribution in [-0.2, 0) is 5.11 Å². The maximum atomic E-state index is 10.9. The lowest BCUT2D eigenvalue weighted by molar-refractivity contribution is 0.169. The highest BCUT2D eigenvalue weighted by Crippen LogP contribution is 1.92. The molecule has 0 aromatic rings. The summed E-state index contributed by atoms with van der Waals surface area (Å²) < 4.78 is 0. The van der Waals surface area contributed by atoms with Gasteiger partial charge in [0, 0.05) is 0 Å². The first kappa shape index (κ1) is 9.44. The lowest BCUT2D eigenvalue weighted by Crippen LogP contribution is -1.92. The van der Waals surface area contributed by atoms with E-state index in [0.717, 1.165) is 12.8 Å². The van der Waals surface area contributed by atoms with Crippen LogP contribution in [0.15, 0.2) is 24.3 Å². The van der Waals surface area contributed by atoms with Crippen LogP contribution in [0.4, 0.5) is 0 Å². The highest BCUT2D eigenvalue weighted by molar-refractivity contribution is 5.00. The smallest absolute Gasteiger partial charge is 0.129 e. The average molecular weight is 139 g/mol. The summed E-state index contributed by atoms with van der Waals surface area (Å²) in [6.45, 7) is 4.04. The predicted octanol–water partition coefficient (Wildman–Crippen LogP) is 2.72. The fraction of sp³-hybridized carbons (Fsp3) is 0.556. The Kier molecular flexibility index (Phi) is 6.19. The summed E-state index contributed by atoms with van der Waals surface area (Å²) in [7, 11) is 0. The molecule has 0 fully saturated rings. The third-order valence-electron chi connectivity index (χ3n) is 1.12. The molecule has 0 aliphatic carbocycles. The van der Waals surface area contributed by atoms with E-state index in [9.17, 15) is 5.11 Å². The highest BCUT2D eigenvalue weighted by atomic mass is 16.3. The molecule has 1 heteroatoms. The van der Waals surface area contributed by atoms with Crippen LogP contribution in [0.5, 0.6) is 0 Å². The number of hydrogen-bond donors (Lipinski definition) is 0. The molecule has 1 radical (unpaired) electrons. The summed E-state index contributed by atoms with van der Waals surface area (Å²) in [5.74, 6) is 0. The lowest BCUT2D eigenvalue weighted by atomic mass is 10.2. The van der Waals surface area contributed by atoms with Crippen molar-refractivity contribution in [3.63, 3.8) is 0 Å². The van der Waals surface area contributed by atoms with Gasteiger partial charge in [0.2, 0.25) is 0 Å². The fourth-order valence-corrected chi connectivity index (χ4v) is 0.605. The molecule has 0 atom stereocenters. The van der Waals surface area contributed by atoms with E-state index in [0.29, 0.717) is 0 Å². The minimum atomic E-state index is -0.639. The molecule has 0 bridgehead atoms. The second-order valence-corrected chi connectivity index (χ2v) is 2.14. The second kappa shape index (κ2) is 6.56. The second-order valence-electron chi connectivity index (χ2n) is 2.14. The van der Waals surface area contributed by atoms with Gasteiger partial charge in [0.25, 0.3) is 0 Å². The number of rotatable bonds is 4. The standard InChI is InChI=1S/C9H15O/c1-3-5-7-9(10)8-6-4-2/h5-9H,3-4H2,1-2H3. The van der Waals surface area contributed by atoms with Crippen LogP contribution in [0.25, 0.3) is 0 Å². The number of allylic oxidation sites excluding steroid dienone is 2. The van der Waals surface area contributed by atoms with Crippen molar-refractivity contribution in [2.45, 2.75) is 32.8 Å². The molecule has 0 saturated carbocycles. The van der Waals surface area contributed by atoms with Gasteiger partial charge in [0.15, 0.2) is 0 Å². The van der Waals surface area contributed by atoms with Crippen LogP contribution in [-0.4, -0.2) is 6.10 Å². The Balaban J connectivity index is 3.52.